The van der Waals surface area contributed by atoms with Crippen molar-refractivity contribution in [2.75, 3.05) is 20.1 Å². The van der Waals surface area contributed by atoms with E-state index in [1.165, 1.54) is 23.5 Å². The first-order valence-corrected chi connectivity index (χ1v) is 11.1. The predicted octanol–water partition coefficient (Wildman–Crippen LogP) is 4.10. The average molecular weight is 442 g/mol. The van der Waals surface area contributed by atoms with Crippen LogP contribution < -0.4 is 0 Å². The fourth-order valence-electron chi connectivity index (χ4n) is 3.74. The molecule has 0 atom stereocenters. The molecule has 1 saturated heterocycles. The maximum Gasteiger partial charge on any atom is 0.273 e. The molecular weight excluding hydrogens is 417 g/mol. The number of furan rings is 1. The van der Waals surface area contributed by atoms with Gasteiger partial charge in [0.05, 0.1) is 24.2 Å². The number of aromatic nitrogens is 1. The molecule has 8 heteroatoms. The van der Waals surface area contributed by atoms with Gasteiger partial charge in [0.1, 0.15) is 17.3 Å². The van der Waals surface area contributed by atoms with Gasteiger partial charge in [-0.05, 0) is 42.7 Å². The number of carbonyl (C=O) groups is 2. The third-order valence-corrected chi connectivity index (χ3v) is 6.53. The first-order valence-electron chi connectivity index (χ1n) is 10.2. The highest BCUT2D eigenvalue weighted by molar-refractivity contribution is 7.09. The Morgan fingerprint density at radius 2 is 1.97 bits per heavy atom. The van der Waals surface area contributed by atoms with E-state index in [9.17, 15) is 14.0 Å². The number of carbonyl (C=O) groups excluding carboxylic acids is 2. The summed E-state index contributed by atoms with van der Waals surface area (Å²) in [5, 5.41) is 2.75. The van der Waals surface area contributed by atoms with Crippen molar-refractivity contribution in [3.05, 3.63) is 75.9 Å². The lowest BCUT2D eigenvalue weighted by molar-refractivity contribution is -0.131. The Balaban J connectivity index is 1.30. The molecule has 1 fully saturated rings. The van der Waals surface area contributed by atoms with E-state index in [2.05, 4.69) is 4.98 Å². The van der Waals surface area contributed by atoms with Crippen LogP contribution in [0.3, 0.4) is 0 Å². The largest absolute Gasteiger partial charge is 0.467 e. The summed E-state index contributed by atoms with van der Waals surface area (Å²) in [5.41, 5.74) is 1.26. The van der Waals surface area contributed by atoms with Crippen molar-refractivity contribution in [1.29, 1.82) is 0 Å². The Morgan fingerprint density at radius 3 is 2.65 bits per heavy atom. The van der Waals surface area contributed by atoms with Gasteiger partial charge >= 0.3 is 0 Å². The van der Waals surface area contributed by atoms with E-state index in [4.69, 9.17) is 4.42 Å². The van der Waals surface area contributed by atoms with Gasteiger partial charge < -0.3 is 14.2 Å². The van der Waals surface area contributed by atoms with Crippen molar-refractivity contribution in [1.82, 2.24) is 14.8 Å². The fraction of sp³-hybridized carbons (Fsp3) is 0.348. The van der Waals surface area contributed by atoms with Crippen LogP contribution in [0.2, 0.25) is 0 Å². The summed E-state index contributed by atoms with van der Waals surface area (Å²) < 4.78 is 18.3. The van der Waals surface area contributed by atoms with Crippen LogP contribution in [0, 0.1) is 5.82 Å². The molecular formula is C23H24FN3O3S. The summed E-state index contributed by atoms with van der Waals surface area (Å²) >= 11 is 1.50. The van der Waals surface area contributed by atoms with Crippen molar-refractivity contribution >= 4 is 23.2 Å². The number of hydrogen-bond acceptors (Lipinski definition) is 5. The molecule has 1 aromatic carbocycles. The maximum absolute atomic E-state index is 13.0. The van der Waals surface area contributed by atoms with Crippen molar-refractivity contribution < 1.29 is 18.4 Å². The summed E-state index contributed by atoms with van der Waals surface area (Å²) in [7, 11) is 1.73. The van der Waals surface area contributed by atoms with Crippen molar-refractivity contribution in [2.45, 2.75) is 31.7 Å². The number of benzene rings is 1. The van der Waals surface area contributed by atoms with E-state index < -0.39 is 0 Å². The Bertz CT molecular complexity index is 1020. The second-order valence-corrected chi connectivity index (χ2v) is 8.66. The Hall–Kier alpha value is -3.00. The molecule has 3 heterocycles. The zero-order chi connectivity index (χ0) is 21.8. The molecule has 4 rings (SSSR count). The van der Waals surface area contributed by atoms with E-state index in [1.54, 1.807) is 36.4 Å². The molecule has 0 radical (unpaired) electrons. The lowest BCUT2D eigenvalue weighted by atomic mass is 9.97. The Morgan fingerprint density at radius 1 is 1.23 bits per heavy atom. The number of halogens is 1. The third kappa shape index (κ3) is 5.19. The molecule has 0 aliphatic carbocycles. The number of likely N-dealkylation sites (tertiary alicyclic amines) is 1. The number of rotatable bonds is 6. The second kappa shape index (κ2) is 9.43. The van der Waals surface area contributed by atoms with Crippen LogP contribution in [0.15, 0.2) is 52.5 Å². The topological polar surface area (TPSA) is 66.7 Å². The van der Waals surface area contributed by atoms with Gasteiger partial charge in [0.15, 0.2) is 0 Å². The minimum atomic E-state index is -0.300. The molecule has 0 unspecified atom stereocenters. The Labute approximate surface area is 184 Å². The van der Waals surface area contributed by atoms with Gasteiger partial charge in [0.25, 0.3) is 5.91 Å². The first-order chi connectivity index (χ1) is 15.0. The average Bonchev–Trinajstić information content (AvgIpc) is 3.47. The monoisotopic (exact) mass is 441 g/mol. The number of thiazole rings is 1. The van der Waals surface area contributed by atoms with Gasteiger partial charge in [-0.1, -0.05) is 12.1 Å². The highest BCUT2D eigenvalue weighted by atomic mass is 32.1. The smallest absolute Gasteiger partial charge is 0.273 e. The Kier molecular flexibility index (Phi) is 6.46. The lowest BCUT2D eigenvalue weighted by Crippen LogP contribution is -2.38. The second-order valence-electron chi connectivity index (χ2n) is 7.77. The third-order valence-electron chi connectivity index (χ3n) is 5.53. The van der Waals surface area contributed by atoms with Gasteiger partial charge in [-0.15, -0.1) is 11.3 Å². The molecule has 1 aliphatic heterocycles. The standard InChI is InChI=1S/C23H24FN3O3S/c1-26(14-19-3-2-12-30-19)23(29)20-15-31-22(25-20)17-8-10-27(11-9-17)21(28)13-16-4-6-18(24)7-5-16/h2-7,12,15,17H,8-11,13-14H2,1H3. The van der Waals surface area contributed by atoms with Crippen molar-refractivity contribution in [3.63, 3.8) is 0 Å². The first kappa shape index (κ1) is 21.2. The quantitative estimate of drug-likeness (QED) is 0.578. The molecule has 31 heavy (non-hydrogen) atoms. The van der Waals surface area contributed by atoms with Crippen molar-refractivity contribution in [3.8, 4) is 0 Å². The number of amides is 2. The normalized spacial score (nSPS) is 14.6. The van der Waals surface area contributed by atoms with E-state index in [1.807, 2.05) is 16.3 Å². The summed E-state index contributed by atoms with van der Waals surface area (Å²) in [6.07, 6.45) is 3.51. The van der Waals surface area contributed by atoms with Crippen LogP contribution in [-0.2, 0) is 17.8 Å². The van der Waals surface area contributed by atoms with Crippen LogP contribution in [0.5, 0.6) is 0 Å². The van der Waals surface area contributed by atoms with Crippen LogP contribution >= 0.6 is 11.3 Å². The van der Waals surface area contributed by atoms with Crippen LogP contribution in [0.4, 0.5) is 4.39 Å². The fourth-order valence-corrected chi connectivity index (χ4v) is 4.71. The van der Waals surface area contributed by atoms with Crippen molar-refractivity contribution in [2.24, 2.45) is 0 Å². The minimum Gasteiger partial charge on any atom is -0.467 e. The molecule has 6 nitrogen and oxygen atoms in total. The van der Waals surface area contributed by atoms with E-state index in [0.717, 1.165) is 29.2 Å². The zero-order valence-corrected chi connectivity index (χ0v) is 18.1. The minimum absolute atomic E-state index is 0.0552. The predicted molar refractivity (Wildman–Crippen MR) is 115 cm³/mol. The molecule has 3 aromatic rings. The summed E-state index contributed by atoms with van der Waals surface area (Å²) in [6.45, 7) is 1.71. The highest BCUT2D eigenvalue weighted by Crippen LogP contribution is 2.31. The number of hydrogen-bond donors (Lipinski definition) is 0. The molecule has 0 bridgehead atoms. The number of nitrogens with zero attached hydrogens (tertiary/aromatic N) is 3. The van der Waals surface area contributed by atoms with Gasteiger partial charge in [0.2, 0.25) is 5.91 Å². The van der Waals surface area contributed by atoms with Gasteiger partial charge in [-0.3, -0.25) is 9.59 Å². The van der Waals surface area contributed by atoms with E-state index in [-0.39, 0.29) is 30.0 Å². The van der Waals surface area contributed by atoms with Crippen LogP contribution in [-0.4, -0.2) is 46.7 Å². The molecule has 162 valence electrons. The summed E-state index contributed by atoms with van der Waals surface area (Å²) in [6, 6.07) is 9.69. The zero-order valence-electron chi connectivity index (χ0n) is 17.3. The molecule has 1 aliphatic rings. The molecule has 2 amide bonds. The molecule has 0 N–H and O–H groups in total. The molecule has 0 saturated carbocycles. The SMILES string of the molecule is CN(Cc1ccco1)C(=O)c1csc(C2CCN(C(=O)Cc3ccc(F)cc3)CC2)n1. The van der Waals surface area contributed by atoms with E-state index >= 15 is 0 Å². The van der Waals surface area contributed by atoms with E-state index in [0.29, 0.717) is 25.3 Å². The lowest BCUT2D eigenvalue weighted by Gasteiger charge is -2.31. The van der Waals surface area contributed by atoms with Gasteiger partial charge in [-0.2, -0.15) is 0 Å². The molecule has 2 aromatic heterocycles. The summed E-state index contributed by atoms with van der Waals surface area (Å²) in [4.78, 5) is 33.2. The summed E-state index contributed by atoms with van der Waals surface area (Å²) in [5.74, 6) is 0.594. The molecule has 0 spiro atoms. The maximum atomic E-state index is 13.0. The van der Waals surface area contributed by atoms with Gasteiger partial charge in [0, 0.05) is 31.4 Å². The van der Waals surface area contributed by atoms with Crippen LogP contribution in [0.25, 0.3) is 0 Å². The van der Waals surface area contributed by atoms with Gasteiger partial charge in [-0.25, -0.2) is 9.37 Å². The number of piperidine rings is 1. The highest BCUT2D eigenvalue weighted by Gasteiger charge is 2.27. The van der Waals surface area contributed by atoms with Crippen LogP contribution in [0.1, 0.15) is 45.6 Å².